The number of rotatable bonds is 6. The van der Waals surface area contributed by atoms with E-state index in [0.29, 0.717) is 0 Å². The number of hydrogen-bond donors (Lipinski definition) is 0. The van der Waals surface area contributed by atoms with Crippen molar-refractivity contribution in [3.8, 4) is 16.8 Å². The van der Waals surface area contributed by atoms with Gasteiger partial charge in [-0.3, -0.25) is 0 Å². The molecule has 0 unspecified atom stereocenters. The van der Waals surface area contributed by atoms with Crippen molar-refractivity contribution in [2.45, 2.75) is 33.1 Å². The molecule has 2 aliphatic rings. The van der Waals surface area contributed by atoms with Crippen LogP contribution >= 0.6 is 0 Å². The van der Waals surface area contributed by atoms with Crippen molar-refractivity contribution in [1.82, 2.24) is 4.57 Å². The molecule has 0 fully saturated rings. The van der Waals surface area contributed by atoms with Gasteiger partial charge in [-0.15, -0.1) is 0 Å². The molecule has 0 saturated carbocycles. The van der Waals surface area contributed by atoms with Crippen LogP contribution in [0.4, 0.5) is 34.1 Å². The van der Waals surface area contributed by atoms with Gasteiger partial charge >= 0.3 is 0 Å². The van der Waals surface area contributed by atoms with E-state index in [4.69, 9.17) is 8.83 Å². The summed E-state index contributed by atoms with van der Waals surface area (Å²) in [6, 6.07) is 92.9. The maximum absolute atomic E-state index is 7.14. The molecule has 5 heteroatoms. The van der Waals surface area contributed by atoms with Gasteiger partial charge in [0.2, 0.25) is 0 Å². The first-order valence-corrected chi connectivity index (χ1v) is 29.1. The Balaban J connectivity index is 1.01. The first-order chi connectivity index (χ1) is 41.3. The van der Waals surface area contributed by atoms with Crippen molar-refractivity contribution < 1.29 is 8.83 Å². The zero-order valence-electron chi connectivity index (χ0n) is 46.8. The van der Waals surface area contributed by atoms with E-state index in [1.165, 1.54) is 77.3 Å². The molecule has 1 aliphatic heterocycles. The molecule has 0 N–H and O–H groups in total. The lowest BCUT2D eigenvalue weighted by molar-refractivity contribution is 0.665. The van der Waals surface area contributed by atoms with Crippen molar-refractivity contribution in [2.24, 2.45) is 0 Å². The van der Waals surface area contributed by atoms with Gasteiger partial charge in [0.1, 0.15) is 11.2 Å². The summed E-state index contributed by atoms with van der Waals surface area (Å²) in [5.74, 6) is 0. The Hall–Kier alpha value is -10.6. The average Bonchev–Trinajstić information content (AvgIpc) is 1.59. The molecular formula is C79H53N3O2. The molecule has 0 radical (unpaired) electrons. The van der Waals surface area contributed by atoms with Gasteiger partial charge in [0, 0.05) is 55.1 Å². The van der Waals surface area contributed by atoms with Gasteiger partial charge < -0.3 is 23.2 Å². The third-order valence-electron chi connectivity index (χ3n) is 18.7. The number of para-hydroxylation sites is 5. The minimum atomic E-state index is -0.763. The fraction of sp³-hybridized carbons (Fsp3) is 0.0633. The van der Waals surface area contributed by atoms with Crippen LogP contribution in [0, 0.1) is 27.7 Å². The molecule has 84 heavy (non-hydrogen) atoms. The molecule has 16 aromatic rings. The van der Waals surface area contributed by atoms with E-state index in [0.717, 1.165) is 105 Å². The summed E-state index contributed by atoms with van der Waals surface area (Å²) >= 11 is 0. The molecule has 0 atom stereocenters. The van der Waals surface area contributed by atoms with Crippen LogP contribution in [0.25, 0.3) is 104 Å². The minimum Gasteiger partial charge on any atom is -0.454 e. The van der Waals surface area contributed by atoms with E-state index in [1.54, 1.807) is 0 Å². The monoisotopic (exact) mass is 1080 g/mol. The molecule has 3 aromatic heterocycles. The lowest BCUT2D eigenvalue weighted by Gasteiger charge is -2.40. The summed E-state index contributed by atoms with van der Waals surface area (Å²) < 4.78 is 16.7. The number of benzene rings is 13. The van der Waals surface area contributed by atoms with E-state index < -0.39 is 5.41 Å². The van der Waals surface area contributed by atoms with Gasteiger partial charge in [-0.1, -0.05) is 187 Å². The summed E-state index contributed by atoms with van der Waals surface area (Å²) in [6.07, 6.45) is 0. The predicted molar refractivity (Wildman–Crippen MR) is 350 cm³/mol. The smallest absolute Gasteiger partial charge is 0.159 e. The Bertz CT molecular complexity index is 5420. The maximum atomic E-state index is 7.14. The van der Waals surface area contributed by atoms with E-state index in [1.807, 2.05) is 0 Å². The van der Waals surface area contributed by atoms with Gasteiger partial charge in [0.05, 0.1) is 33.5 Å². The quantitative estimate of drug-likeness (QED) is 0.166. The zero-order chi connectivity index (χ0) is 55.7. The first-order valence-electron chi connectivity index (χ1n) is 29.1. The van der Waals surface area contributed by atoms with Gasteiger partial charge in [0.15, 0.2) is 11.2 Å². The Kier molecular flexibility index (Phi) is 9.64. The van der Waals surface area contributed by atoms with Crippen LogP contribution in [0.5, 0.6) is 0 Å². The summed E-state index contributed by atoms with van der Waals surface area (Å²) in [7, 11) is 0. The Labute approximate surface area is 485 Å². The number of aromatic nitrogens is 1. The number of nitrogens with zero attached hydrogens (tertiary/aromatic N) is 3. The van der Waals surface area contributed by atoms with Crippen LogP contribution in [0.2, 0.25) is 0 Å². The molecule has 4 heterocycles. The topological polar surface area (TPSA) is 37.7 Å². The van der Waals surface area contributed by atoms with Gasteiger partial charge in [-0.25, -0.2) is 0 Å². The van der Waals surface area contributed by atoms with Crippen LogP contribution in [-0.2, 0) is 5.41 Å². The van der Waals surface area contributed by atoms with Crippen molar-refractivity contribution in [3.05, 3.63) is 293 Å². The average molecular weight is 1080 g/mol. The summed E-state index contributed by atoms with van der Waals surface area (Å²) in [6.45, 7) is 8.59. The standard InChI is InChI=1S/C79H53N3O2/c1-46-29-35-52(36-30-46)80(70-27-13-23-60-58-21-11-15-48(3)75(58)83-77(60)70)54-39-42-68-62(43-54)63-44-55(81(53-37-31-47(2)32-38-53)71-28-14-24-61-59-22-12-16-49(4)76(59)84-78(61)71)45-67-74(63)82(68)69-26-10-9-25-64(69)79(67)65-40-33-50-17-5-7-19-56(50)72(65)73-57-20-8-6-18-51(57)34-41-66(73)79/h5-45H,1-4H3. The summed E-state index contributed by atoms with van der Waals surface area (Å²) in [5, 5.41) is 11.6. The fourth-order valence-corrected chi connectivity index (χ4v) is 15.0. The van der Waals surface area contributed by atoms with Gasteiger partial charge in [0.25, 0.3) is 0 Å². The number of aryl methyl sites for hydroxylation is 4. The highest BCUT2D eigenvalue weighted by molar-refractivity contribution is 6.19. The molecule has 5 nitrogen and oxygen atoms in total. The maximum Gasteiger partial charge on any atom is 0.159 e. The number of fused-ring (bicyclic) bond motifs is 22. The minimum absolute atomic E-state index is 0.763. The lowest BCUT2D eigenvalue weighted by Crippen LogP contribution is -2.33. The van der Waals surface area contributed by atoms with Crippen molar-refractivity contribution in [3.63, 3.8) is 0 Å². The SMILES string of the molecule is Cc1ccc(N(c2ccc3c(c2)c2cc(N(c4ccc(C)cc4)c4cccc5c4oc4c(C)cccc45)cc4c2n3-c2ccccc2C42c3ccc4ccccc4c3-c3c2ccc2ccccc32)c2cccc3c2oc2c(C)cccc23)cc1. The van der Waals surface area contributed by atoms with Crippen LogP contribution in [-0.4, -0.2) is 4.57 Å². The lowest BCUT2D eigenvalue weighted by atomic mass is 9.65. The van der Waals surface area contributed by atoms with E-state index in [-0.39, 0.29) is 0 Å². The molecule has 0 bridgehead atoms. The molecule has 0 saturated heterocycles. The number of anilines is 6. The second-order valence-electron chi connectivity index (χ2n) is 23.4. The Morgan fingerprint density at radius 3 is 1.36 bits per heavy atom. The van der Waals surface area contributed by atoms with Gasteiger partial charge in [-0.2, -0.15) is 0 Å². The highest BCUT2D eigenvalue weighted by atomic mass is 16.3. The Morgan fingerprint density at radius 1 is 0.321 bits per heavy atom. The number of furan rings is 2. The van der Waals surface area contributed by atoms with Crippen LogP contribution in [0.15, 0.2) is 258 Å². The van der Waals surface area contributed by atoms with E-state index >= 15 is 0 Å². The summed E-state index contributed by atoms with van der Waals surface area (Å²) in [4.78, 5) is 4.85. The second kappa shape index (κ2) is 17.2. The molecule has 396 valence electrons. The molecular weight excluding hydrogens is 1020 g/mol. The van der Waals surface area contributed by atoms with Crippen LogP contribution < -0.4 is 9.80 Å². The predicted octanol–water partition coefficient (Wildman–Crippen LogP) is 21.7. The van der Waals surface area contributed by atoms with E-state index in [2.05, 4.69) is 291 Å². The van der Waals surface area contributed by atoms with Crippen LogP contribution in [0.3, 0.4) is 0 Å². The van der Waals surface area contributed by atoms with Crippen molar-refractivity contribution >= 4 is 121 Å². The fourth-order valence-electron chi connectivity index (χ4n) is 15.0. The molecule has 13 aromatic carbocycles. The molecule has 0 amide bonds. The summed E-state index contributed by atoms with van der Waals surface area (Å²) in [5.41, 5.74) is 24.5. The first kappa shape index (κ1) is 47.1. The van der Waals surface area contributed by atoms with E-state index in [9.17, 15) is 0 Å². The van der Waals surface area contributed by atoms with Gasteiger partial charge in [-0.05, 0) is 167 Å². The molecule has 1 aliphatic carbocycles. The zero-order valence-corrected chi connectivity index (χ0v) is 46.8. The van der Waals surface area contributed by atoms with Crippen LogP contribution in [0.1, 0.15) is 44.5 Å². The second-order valence-corrected chi connectivity index (χ2v) is 23.4. The number of hydrogen-bond acceptors (Lipinski definition) is 4. The third kappa shape index (κ3) is 6.27. The highest BCUT2D eigenvalue weighted by Gasteiger charge is 2.52. The largest absolute Gasteiger partial charge is 0.454 e. The highest BCUT2D eigenvalue weighted by Crippen LogP contribution is 2.64. The molecule has 18 rings (SSSR count). The van der Waals surface area contributed by atoms with Crippen molar-refractivity contribution in [2.75, 3.05) is 9.80 Å². The third-order valence-corrected chi connectivity index (χ3v) is 18.7. The van der Waals surface area contributed by atoms with Crippen molar-refractivity contribution in [1.29, 1.82) is 0 Å². The Morgan fingerprint density at radius 2 is 0.786 bits per heavy atom. The molecule has 1 spiro atoms. The normalized spacial score (nSPS) is 13.1.